The minimum atomic E-state index is 0.172. The molecule has 2 rings (SSSR count). The molecule has 1 aromatic rings. The number of piperidine rings is 1. The lowest BCUT2D eigenvalue weighted by Gasteiger charge is -2.31. The van der Waals surface area contributed by atoms with Gasteiger partial charge in [-0.25, -0.2) is 0 Å². The molecule has 1 amide bonds. The summed E-state index contributed by atoms with van der Waals surface area (Å²) in [4.78, 5) is 14.7. The van der Waals surface area contributed by atoms with Gasteiger partial charge in [0, 0.05) is 23.9 Å². The van der Waals surface area contributed by atoms with Crippen LogP contribution in [0.25, 0.3) is 0 Å². The molecule has 0 spiro atoms. The van der Waals surface area contributed by atoms with E-state index in [1.807, 2.05) is 42.1 Å². The smallest absolute Gasteiger partial charge is 0.227 e. The molecule has 1 N–H and O–H groups in total. The number of nitrogens with zero attached hydrogens (tertiary/aromatic N) is 1. The van der Waals surface area contributed by atoms with Gasteiger partial charge in [0.05, 0.1) is 0 Å². The average Bonchev–Trinajstić information content (AvgIpc) is 2.49. The molecule has 1 aliphatic heterocycles. The van der Waals surface area contributed by atoms with E-state index >= 15 is 0 Å². The number of hydrogen-bond donors (Lipinski definition) is 1. The number of anilines is 1. The quantitative estimate of drug-likeness (QED) is 0.818. The molecule has 110 valence electrons. The Kier molecular flexibility index (Phi) is 6.40. The van der Waals surface area contributed by atoms with Crippen LogP contribution in [0.5, 0.6) is 0 Å². The van der Waals surface area contributed by atoms with E-state index in [9.17, 15) is 4.79 Å². The SMILES string of the molecule is CCSCCN1CCC(C(=O)Nc2ccccc2)CC1. The summed E-state index contributed by atoms with van der Waals surface area (Å²) in [5.41, 5.74) is 0.902. The van der Waals surface area contributed by atoms with Gasteiger partial charge in [-0.2, -0.15) is 11.8 Å². The van der Waals surface area contributed by atoms with Crippen LogP contribution in [-0.4, -0.2) is 41.9 Å². The van der Waals surface area contributed by atoms with E-state index in [-0.39, 0.29) is 11.8 Å². The number of rotatable bonds is 6. The van der Waals surface area contributed by atoms with Crippen LogP contribution >= 0.6 is 11.8 Å². The van der Waals surface area contributed by atoms with Gasteiger partial charge in [0.25, 0.3) is 0 Å². The summed E-state index contributed by atoms with van der Waals surface area (Å²) >= 11 is 1.99. The fourth-order valence-corrected chi connectivity index (χ4v) is 3.20. The molecule has 1 aliphatic rings. The molecule has 4 heteroatoms. The molecule has 0 bridgehead atoms. The van der Waals surface area contributed by atoms with Crippen LogP contribution in [0.1, 0.15) is 19.8 Å². The highest BCUT2D eigenvalue weighted by molar-refractivity contribution is 7.99. The number of likely N-dealkylation sites (tertiary alicyclic amines) is 1. The second-order valence-corrected chi connectivity index (χ2v) is 6.56. The van der Waals surface area contributed by atoms with E-state index in [1.54, 1.807) is 0 Å². The van der Waals surface area contributed by atoms with E-state index in [4.69, 9.17) is 0 Å². The van der Waals surface area contributed by atoms with E-state index in [0.717, 1.165) is 38.2 Å². The Balaban J connectivity index is 1.72. The highest BCUT2D eigenvalue weighted by Gasteiger charge is 2.24. The molecular weight excluding hydrogens is 268 g/mol. The van der Waals surface area contributed by atoms with Crippen LogP contribution < -0.4 is 5.32 Å². The van der Waals surface area contributed by atoms with Gasteiger partial charge in [0.15, 0.2) is 0 Å². The minimum absolute atomic E-state index is 0.172. The predicted molar refractivity (Wildman–Crippen MR) is 87.2 cm³/mol. The normalized spacial score (nSPS) is 17.1. The summed E-state index contributed by atoms with van der Waals surface area (Å²) in [6, 6.07) is 9.74. The van der Waals surface area contributed by atoms with Crippen molar-refractivity contribution in [2.75, 3.05) is 36.5 Å². The van der Waals surface area contributed by atoms with Gasteiger partial charge in [-0.05, 0) is 43.8 Å². The molecule has 1 saturated heterocycles. The van der Waals surface area contributed by atoms with E-state index in [0.29, 0.717) is 0 Å². The standard InChI is InChI=1S/C16H24N2OS/c1-2-20-13-12-18-10-8-14(9-11-18)16(19)17-15-6-4-3-5-7-15/h3-7,14H,2,8-13H2,1H3,(H,17,19). The Bertz CT molecular complexity index is 402. The maximum absolute atomic E-state index is 12.2. The van der Waals surface area contributed by atoms with Crippen molar-refractivity contribution in [2.24, 2.45) is 5.92 Å². The molecule has 0 saturated carbocycles. The maximum Gasteiger partial charge on any atom is 0.227 e. The van der Waals surface area contributed by atoms with Crippen LogP contribution in [0, 0.1) is 5.92 Å². The largest absolute Gasteiger partial charge is 0.326 e. The predicted octanol–water partition coefficient (Wildman–Crippen LogP) is 3.09. The molecule has 1 aromatic carbocycles. The number of carbonyl (C=O) groups excluding carboxylic acids is 1. The van der Waals surface area contributed by atoms with Gasteiger partial charge in [0.2, 0.25) is 5.91 Å². The Hall–Kier alpha value is -1.00. The van der Waals surface area contributed by atoms with E-state index < -0.39 is 0 Å². The number of para-hydroxylation sites is 1. The third-order valence-corrected chi connectivity index (χ3v) is 4.64. The topological polar surface area (TPSA) is 32.3 Å². The Morgan fingerprint density at radius 2 is 2.00 bits per heavy atom. The van der Waals surface area contributed by atoms with Crippen molar-refractivity contribution in [3.63, 3.8) is 0 Å². The molecule has 0 aromatic heterocycles. The van der Waals surface area contributed by atoms with Gasteiger partial charge in [-0.3, -0.25) is 4.79 Å². The number of nitrogens with one attached hydrogen (secondary N) is 1. The van der Waals surface area contributed by atoms with Gasteiger partial charge in [0.1, 0.15) is 0 Å². The summed E-state index contributed by atoms with van der Waals surface area (Å²) in [5, 5.41) is 3.02. The molecule has 3 nitrogen and oxygen atoms in total. The highest BCUT2D eigenvalue weighted by Crippen LogP contribution is 2.19. The van der Waals surface area contributed by atoms with E-state index in [1.165, 1.54) is 11.5 Å². The summed E-state index contributed by atoms with van der Waals surface area (Å²) in [6.07, 6.45) is 1.96. The lowest BCUT2D eigenvalue weighted by molar-refractivity contribution is -0.121. The number of hydrogen-bond acceptors (Lipinski definition) is 3. The summed E-state index contributed by atoms with van der Waals surface area (Å²) in [7, 11) is 0. The summed E-state index contributed by atoms with van der Waals surface area (Å²) in [6.45, 7) is 5.46. The van der Waals surface area contributed by atoms with Crippen LogP contribution in [-0.2, 0) is 4.79 Å². The molecule has 1 heterocycles. The average molecular weight is 292 g/mol. The Morgan fingerprint density at radius 3 is 2.65 bits per heavy atom. The van der Waals surface area contributed by atoms with Crippen LogP contribution in [0.15, 0.2) is 30.3 Å². The van der Waals surface area contributed by atoms with Crippen LogP contribution in [0.4, 0.5) is 5.69 Å². The van der Waals surface area contributed by atoms with Gasteiger partial charge in [-0.15, -0.1) is 0 Å². The first-order valence-electron chi connectivity index (χ1n) is 7.45. The second kappa shape index (κ2) is 8.32. The van der Waals surface area contributed by atoms with Gasteiger partial charge in [-0.1, -0.05) is 25.1 Å². The third-order valence-electron chi connectivity index (χ3n) is 3.76. The van der Waals surface area contributed by atoms with Crippen molar-refractivity contribution >= 4 is 23.4 Å². The zero-order chi connectivity index (χ0) is 14.2. The zero-order valence-corrected chi connectivity index (χ0v) is 13.0. The third kappa shape index (κ3) is 4.84. The Labute approximate surface area is 126 Å². The highest BCUT2D eigenvalue weighted by atomic mass is 32.2. The monoisotopic (exact) mass is 292 g/mol. The van der Waals surface area contributed by atoms with Crippen molar-refractivity contribution in [3.8, 4) is 0 Å². The van der Waals surface area contributed by atoms with Gasteiger partial charge < -0.3 is 10.2 Å². The minimum Gasteiger partial charge on any atom is -0.326 e. The first kappa shape index (κ1) is 15.4. The summed E-state index contributed by atoms with van der Waals surface area (Å²) in [5.74, 6) is 2.75. The fourth-order valence-electron chi connectivity index (χ4n) is 2.52. The van der Waals surface area contributed by atoms with Gasteiger partial charge >= 0.3 is 0 Å². The van der Waals surface area contributed by atoms with Crippen LogP contribution in [0.2, 0.25) is 0 Å². The maximum atomic E-state index is 12.2. The lowest BCUT2D eigenvalue weighted by Crippen LogP contribution is -2.39. The molecule has 0 atom stereocenters. The molecular formula is C16H24N2OS. The van der Waals surface area contributed by atoms with Crippen molar-refractivity contribution in [1.29, 1.82) is 0 Å². The molecule has 0 aliphatic carbocycles. The molecule has 1 fully saturated rings. The number of amides is 1. The second-order valence-electron chi connectivity index (χ2n) is 5.17. The first-order chi connectivity index (χ1) is 9.79. The molecule has 0 radical (unpaired) electrons. The number of carbonyl (C=O) groups is 1. The summed E-state index contributed by atoms with van der Waals surface area (Å²) < 4.78 is 0. The van der Waals surface area contributed by atoms with Crippen molar-refractivity contribution in [1.82, 2.24) is 4.90 Å². The first-order valence-corrected chi connectivity index (χ1v) is 8.61. The zero-order valence-electron chi connectivity index (χ0n) is 12.2. The van der Waals surface area contributed by atoms with Crippen molar-refractivity contribution in [2.45, 2.75) is 19.8 Å². The van der Waals surface area contributed by atoms with Crippen molar-refractivity contribution in [3.05, 3.63) is 30.3 Å². The van der Waals surface area contributed by atoms with Crippen LogP contribution in [0.3, 0.4) is 0 Å². The van der Waals surface area contributed by atoms with Crippen molar-refractivity contribution < 1.29 is 4.79 Å². The Morgan fingerprint density at radius 1 is 1.30 bits per heavy atom. The molecule has 0 unspecified atom stereocenters. The number of thioether (sulfide) groups is 1. The molecule has 20 heavy (non-hydrogen) atoms. The van der Waals surface area contributed by atoms with E-state index in [2.05, 4.69) is 17.1 Å². The fraction of sp³-hybridized carbons (Fsp3) is 0.562. The lowest BCUT2D eigenvalue weighted by atomic mass is 9.96. The number of benzene rings is 1.